The smallest absolute Gasteiger partial charge is 0.225 e. The van der Waals surface area contributed by atoms with Crippen LogP contribution in [0.5, 0.6) is 0 Å². The van der Waals surface area contributed by atoms with Gasteiger partial charge >= 0.3 is 0 Å². The van der Waals surface area contributed by atoms with Crippen molar-refractivity contribution in [1.82, 2.24) is 15.3 Å². The summed E-state index contributed by atoms with van der Waals surface area (Å²) in [6, 6.07) is 0.190. The van der Waals surface area contributed by atoms with Crippen LogP contribution in [-0.2, 0) is 4.79 Å². The minimum Gasteiger partial charge on any atom is -0.354 e. The molecule has 108 valence electrons. The number of anilines is 2. The highest BCUT2D eigenvalue weighted by Gasteiger charge is 2.41. The van der Waals surface area contributed by atoms with Crippen LogP contribution in [0, 0.1) is 19.8 Å². The van der Waals surface area contributed by atoms with Crippen molar-refractivity contribution in [3.8, 4) is 0 Å². The van der Waals surface area contributed by atoms with Gasteiger partial charge in [0.25, 0.3) is 0 Å². The number of hydrogen-bond acceptors (Lipinski definition) is 6. The average molecular weight is 276 g/mol. The fourth-order valence-electron chi connectivity index (χ4n) is 3.25. The van der Waals surface area contributed by atoms with Crippen molar-refractivity contribution >= 4 is 17.5 Å². The lowest BCUT2D eigenvalue weighted by Crippen LogP contribution is -2.46. The normalized spacial score (nSPS) is 25.4. The van der Waals surface area contributed by atoms with Crippen LogP contribution < -0.4 is 21.5 Å². The van der Waals surface area contributed by atoms with Gasteiger partial charge < -0.3 is 15.6 Å². The summed E-state index contributed by atoms with van der Waals surface area (Å²) in [6.45, 7) is 5.41. The summed E-state index contributed by atoms with van der Waals surface area (Å²) < 4.78 is 0. The molecule has 1 aromatic heterocycles. The van der Waals surface area contributed by atoms with Gasteiger partial charge in [0.1, 0.15) is 17.5 Å². The minimum atomic E-state index is 0.0766. The van der Waals surface area contributed by atoms with Crippen LogP contribution in [0.3, 0.4) is 0 Å². The van der Waals surface area contributed by atoms with E-state index in [1.54, 1.807) is 0 Å². The number of nitrogens with zero attached hydrogens (tertiary/aromatic N) is 3. The maximum Gasteiger partial charge on any atom is 0.225 e. The van der Waals surface area contributed by atoms with E-state index in [1.807, 2.05) is 13.8 Å². The van der Waals surface area contributed by atoms with Crippen molar-refractivity contribution in [2.75, 3.05) is 23.4 Å². The van der Waals surface area contributed by atoms with Crippen LogP contribution in [0.1, 0.15) is 24.2 Å². The molecule has 0 radical (unpaired) electrons. The van der Waals surface area contributed by atoms with Crippen molar-refractivity contribution in [2.45, 2.75) is 32.7 Å². The Hall–Kier alpha value is -1.89. The van der Waals surface area contributed by atoms with Crippen molar-refractivity contribution in [3.05, 3.63) is 11.4 Å². The number of aryl methyl sites for hydroxylation is 1. The number of hydrazine groups is 1. The Morgan fingerprint density at radius 2 is 2.20 bits per heavy atom. The Labute approximate surface area is 117 Å². The predicted octanol–water partition coefficient (Wildman–Crippen LogP) is 0.0938. The standard InChI is InChI=1S/C13H20N6O/c1-7-11(18-14)16-8(2)17-12(7)19-5-3-4-9-10(19)6-15-13(9)20/h9-10H,3-6,14H2,1-2H3,(H,15,20)(H,16,17,18). The summed E-state index contributed by atoms with van der Waals surface area (Å²) in [5.41, 5.74) is 3.55. The zero-order chi connectivity index (χ0) is 14.3. The van der Waals surface area contributed by atoms with E-state index < -0.39 is 0 Å². The number of hydrogen-bond donors (Lipinski definition) is 3. The van der Waals surface area contributed by atoms with E-state index in [4.69, 9.17) is 5.84 Å². The molecule has 2 saturated heterocycles. The highest BCUT2D eigenvalue weighted by atomic mass is 16.2. The van der Waals surface area contributed by atoms with Gasteiger partial charge in [0.15, 0.2) is 0 Å². The van der Waals surface area contributed by atoms with Gasteiger partial charge in [-0.2, -0.15) is 0 Å². The first-order valence-corrected chi connectivity index (χ1v) is 6.98. The molecule has 1 amide bonds. The van der Waals surface area contributed by atoms with Crippen molar-refractivity contribution < 1.29 is 4.79 Å². The lowest BCUT2D eigenvalue weighted by atomic mass is 9.91. The molecule has 0 spiro atoms. The third-order valence-electron chi connectivity index (χ3n) is 4.24. The van der Waals surface area contributed by atoms with Crippen LogP contribution >= 0.6 is 0 Å². The molecule has 0 bridgehead atoms. The summed E-state index contributed by atoms with van der Waals surface area (Å²) in [7, 11) is 0. The number of carbonyl (C=O) groups excluding carboxylic acids is 1. The van der Waals surface area contributed by atoms with E-state index in [2.05, 4.69) is 25.6 Å². The van der Waals surface area contributed by atoms with Gasteiger partial charge in [-0.15, -0.1) is 0 Å². The topological polar surface area (TPSA) is 96.2 Å². The van der Waals surface area contributed by atoms with Crippen LogP contribution in [0.2, 0.25) is 0 Å². The Balaban J connectivity index is 2.00. The largest absolute Gasteiger partial charge is 0.354 e. The molecule has 2 atom stereocenters. The first kappa shape index (κ1) is 13.1. The van der Waals surface area contributed by atoms with Crippen LogP contribution in [0.15, 0.2) is 0 Å². The molecule has 2 aliphatic rings. The van der Waals surface area contributed by atoms with E-state index in [0.717, 1.165) is 30.8 Å². The van der Waals surface area contributed by atoms with E-state index in [-0.39, 0.29) is 17.9 Å². The molecule has 7 nitrogen and oxygen atoms in total. The van der Waals surface area contributed by atoms with Gasteiger partial charge in [-0.3, -0.25) is 4.79 Å². The third-order valence-corrected chi connectivity index (χ3v) is 4.24. The second kappa shape index (κ2) is 4.90. The molecule has 2 fully saturated rings. The maximum atomic E-state index is 11.9. The molecule has 2 aliphatic heterocycles. The molecule has 0 aromatic carbocycles. The van der Waals surface area contributed by atoms with Crippen LogP contribution in [0.25, 0.3) is 0 Å². The molecule has 2 unspecified atom stereocenters. The van der Waals surface area contributed by atoms with E-state index in [1.165, 1.54) is 0 Å². The maximum absolute atomic E-state index is 11.9. The fourth-order valence-corrected chi connectivity index (χ4v) is 3.25. The van der Waals surface area contributed by atoms with Gasteiger partial charge in [0.05, 0.1) is 12.0 Å². The lowest BCUT2D eigenvalue weighted by molar-refractivity contribution is -0.122. The van der Waals surface area contributed by atoms with E-state index >= 15 is 0 Å². The Kier molecular flexibility index (Phi) is 3.21. The molecular weight excluding hydrogens is 256 g/mol. The average Bonchev–Trinajstić information content (AvgIpc) is 2.83. The highest BCUT2D eigenvalue weighted by Crippen LogP contribution is 2.33. The molecule has 3 heterocycles. The van der Waals surface area contributed by atoms with Gasteiger partial charge in [-0.25, -0.2) is 15.8 Å². The highest BCUT2D eigenvalue weighted by molar-refractivity contribution is 5.83. The first-order valence-electron chi connectivity index (χ1n) is 6.98. The fraction of sp³-hybridized carbons (Fsp3) is 0.615. The molecule has 7 heteroatoms. The van der Waals surface area contributed by atoms with Crippen molar-refractivity contribution in [1.29, 1.82) is 0 Å². The van der Waals surface area contributed by atoms with E-state index in [9.17, 15) is 4.79 Å². The zero-order valence-corrected chi connectivity index (χ0v) is 11.8. The summed E-state index contributed by atoms with van der Waals surface area (Å²) in [5.74, 6) is 7.97. The number of nitrogens with two attached hydrogens (primary N) is 1. The number of nitrogen functional groups attached to an aromatic ring is 1. The number of amides is 1. The number of rotatable bonds is 2. The monoisotopic (exact) mass is 276 g/mol. The number of piperidine rings is 1. The van der Waals surface area contributed by atoms with E-state index in [0.29, 0.717) is 18.2 Å². The van der Waals surface area contributed by atoms with Gasteiger partial charge in [-0.05, 0) is 26.7 Å². The Morgan fingerprint density at radius 1 is 1.40 bits per heavy atom. The molecule has 1 aromatic rings. The molecule has 0 saturated carbocycles. The number of fused-ring (bicyclic) bond motifs is 1. The molecule has 4 N–H and O–H groups in total. The molecule has 3 rings (SSSR count). The second-order valence-corrected chi connectivity index (χ2v) is 5.47. The quantitative estimate of drug-likeness (QED) is 0.523. The zero-order valence-electron chi connectivity index (χ0n) is 11.8. The summed E-state index contributed by atoms with van der Waals surface area (Å²) in [5, 5.41) is 2.96. The summed E-state index contributed by atoms with van der Waals surface area (Å²) in [4.78, 5) is 23.0. The summed E-state index contributed by atoms with van der Waals surface area (Å²) >= 11 is 0. The number of nitrogens with one attached hydrogen (secondary N) is 2. The van der Waals surface area contributed by atoms with Gasteiger partial charge in [-0.1, -0.05) is 0 Å². The first-order chi connectivity index (χ1) is 9.61. The number of carbonyl (C=O) groups is 1. The Bertz CT molecular complexity index is 546. The Morgan fingerprint density at radius 3 is 2.95 bits per heavy atom. The molecule has 20 heavy (non-hydrogen) atoms. The summed E-state index contributed by atoms with van der Waals surface area (Å²) in [6.07, 6.45) is 1.96. The third kappa shape index (κ3) is 1.98. The lowest BCUT2D eigenvalue weighted by Gasteiger charge is -2.37. The SMILES string of the molecule is Cc1nc(NN)c(C)c(N2CCCC3C(=O)NCC32)n1. The molecule has 0 aliphatic carbocycles. The van der Waals surface area contributed by atoms with Crippen LogP contribution in [-0.4, -0.2) is 35.0 Å². The van der Waals surface area contributed by atoms with Gasteiger partial charge in [0, 0.05) is 18.7 Å². The van der Waals surface area contributed by atoms with Gasteiger partial charge in [0.2, 0.25) is 5.91 Å². The molecular formula is C13H20N6O. The van der Waals surface area contributed by atoms with Crippen molar-refractivity contribution in [3.63, 3.8) is 0 Å². The number of aromatic nitrogens is 2. The van der Waals surface area contributed by atoms with Crippen LogP contribution in [0.4, 0.5) is 11.6 Å². The minimum absolute atomic E-state index is 0.0766. The predicted molar refractivity (Wildman–Crippen MR) is 76.2 cm³/mol. The van der Waals surface area contributed by atoms with Crippen molar-refractivity contribution in [2.24, 2.45) is 11.8 Å². The second-order valence-electron chi connectivity index (χ2n) is 5.47.